The molecule has 1 heterocycles. The zero-order valence-electron chi connectivity index (χ0n) is 10.3. The van der Waals surface area contributed by atoms with Crippen molar-refractivity contribution in [3.63, 3.8) is 0 Å². The van der Waals surface area contributed by atoms with E-state index in [0.29, 0.717) is 18.2 Å². The molecule has 1 aliphatic heterocycles. The van der Waals surface area contributed by atoms with Gasteiger partial charge in [0.2, 0.25) is 0 Å². The van der Waals surface area contributed by atoms with Crippen LogP contribution < -0.4 is 5.32 Å². The molecule has 2 heteroatoms. The highest BCUT2D eigenvalue weighted by Crippen LogP contribution is 2.28. The fraction of sp³-hybridized carbons (Fsp3) is 0.467. The summed E-state index contributed by atoms with van der Waals surface area (Å²) < 4.78 is 0. The highest BCUT2D eigenvalue weighted by atomic mass is 15.3. The maximum atomic E-state index is 3.64. The quantitative estimate of drug-likeness (QED) is 0.694. The molecule has 2 bridgehead atoms. The van der Waals surface area contributed by atoms with Gasteiger partial charge in [-0.25, -0.2) is 0 Å². The van der Waals surface area contributed by atoms with Gasteiger partial charge >= 0.3 is 0 Å². The van der Waals surface area contributed by atoms with Gasteiger partial charge in [0.15, 0.2) is 0 Å². The van der Waals surface area contributed by atoms with Gasteiger partial charge in [-0.15, -0.1) is 0 Å². The predicted molar refractivity (Wildman–Crippen MR) is 71.4 cm³/mol. The van der Waals surface area contributed by atoms with Crippen molar-refractivity contribution in [3.8, 4) is 0 Å². The normalized spacial score (nSPS) is 35.7. The minimum atomic E-state index is 0.420. The molecule has 1 N–H and O–H groups in total. The molecule has 0 spiro atoms. The summed E-state index contributed by atoms with van der Waals surface area (Å²) in [4.78, 5) is 2.55. The lowest BCUT2D eigenvalue weighted by atomic mass is 10.0. The molecule has 3 aliphatic rings. The van der Waals surface area contributed by atoms with Crippen molar-refractivity contribution in [2.75, 3.05) is 0 Å². The average molecular weight is 228 g/mol. The first-order valence-corrected chi connectivity index (χ1v) is 6.60. The molecular formula is C15H20N2. The Balaban J connectivity index is 1.86. The van der Waals surface area contributed by atoms with Crippen LogP contribution in [0.5, 0.6) is 0 Å². The highest BCUT2D eigenvalue weighted by Gasteiger charge is 2.29. The lowest BCUT2D eigenvalue weighted by Crippen LogP contribution is -2.53. The molecule has 0 radical (unpaired) electrons. The average Bonchev–Trinajstić information content (AvgIpc) is 2.53. The van der Waals surface area contributed by atoms with Crippen molar-refractivity contribution in [1.29, 1.82) is 0 Å². The highest BCUT2D eigenvalue weighted by molar-refractivity contribution is 5.24. The fourth-order valence-electron chi connectivity index (χ4n) is 3.02. The molecule has 0 aromatic rings. The molecule has 17 heavy (non-hydrogen) atoms. The summed E-state index contributed by atoms with van der Waals surface area (Å²) in [5.74, 6) is 0. The summed E-state index contributed by atoms with van der Waals surface area (Å²) in [6.45, 7) is 2.27. The fourth-order valence-corrected chi connectivity index (χ4v) is 3.02. The van der Waals surface area contributed by atoms with Gasteiger partial charge in [0.25, 0.3) is 0 Å². The molecule has 0 fully saturated rings. The SMILES string of the molecule is CC1NC2C=CCCC(=C2)N1[C@H]1C=CC=CC1. The van der Waals surface area contributed by atoms with Crippen LogP contribution in [0.15, 0.2) is 48.2 Å². The van der Waals surface area contributed by atoms with Gasteiger partial charge in [0.05, 0.1) is 12.2 Å². The molecule has 90 valence electrons. The van der Waals surface area contributed by atoms with Crippen molar-refractivity contribution in [3.05, 3.63) is 48.2 Å². The Bertz CT molecular complexity index is 403. The molecule has 2 unspecified atom stereocenters. The molecule has 0 saturated heterocycles. The van der Waals surface area contributed by atoms with E-state index in [1.165, 1.54) is 18.5 Å². The zero-order valence-corrected chi connectivity index (χ0v) is 10.3. The van der Waals surface area contributed by atoms with E-state index in [-0.39, 0.29) is 0 Å². The van der Waals surface area contributed by atoms with Crippen molar-refractivity contribution in [2.45, 2.75) is 44.4 Å². The van der Waals surface area contributed by atoms with E-state index in [4.69, 9.17) is 0 Å². The van der Waals surface area contributed by atoms with Crippen LogP contribution in [0.25, 0.3) is 0 Å². The van der Waals surface area contributed by atoms with Gasteiger partial charge < -0.3 is 4.90 Å². The molecule has 2 aliphatic carbocycles. The number of allylic oxidation sites excluding steroid dienone is 4. The smallest absolute Gasteiger partial charge is 0.0777 e. The first-order valence-electron chi connectivity index (χ1n) is 6.60. The summed E-state index contributed by atoms with van der Waals surface area (Å²) >= 11 is 0. The molecule has 2 nitrogen and oxygen atoms in total. The number of fused-ring (bicyclic) bond motifs is 1. The van der Waals surface area contributed by atoms with Crippen LogP contribution in [-0.2, 0) is 0 Å². The molecule has 0 amide bonds. The van der Waals surface area contributed by atoms with Crippen molar-refractivity contribution < 1.29 is 0 Å². The maximum absolute atomic E-state index is 3.64. The predicted octanol–water partition coefficient (Wildman–Crippen LogP) is 2.72. The van der Waals surface area contributed by atoms with E-state index in [9.17, 15) is 0 Å². The summed E-state index contributed by atoms with van der Waals surface area (Å²) in [5, 5.41) is 3.64. The Labute approximate surface area is 103 Å². The second-order valence-corrected chi connectivity index (χ2v) is 5.02. The second-order valence-electron chi connectivity index (χ2n) is 5.02. The third-order valence-electron chi connectivity index (χ3n) is 3.78. The number of nitrogens with zero attached hydrogens (tertiary/aromatic N) is 1. The van der Waals surface area contributed by atoms with Crippen LogP contribution in [0.1, 0.15) is 26.2 Å². The minimum absolute atomic E-state index is 0.420. The number of rotatable bonds is 1. The Kier molecular flexibility index (Phi) is 2.89. The van der Waals surface area contributed by atoms with Gasteiger partial charge in [-0.3, -0.25) is 5.32 Å². The Morgan fingerprint density at radius 3 is 3.00 bits per heavy atom. The molecule has 3 rings (SSSR count). The molecule has 0 aromatic heterocycles. The van der Waals surface area contributed by atoms with Crippen LogP contribution in [-0.4, -0.2) is 23.1 Å². The van der Waals surface area contributed by atoms with E-state index in [1.54, 1.807) is 0 Å². The molecule has 0 aromatic carbocycles. The van der Waals surface area contributed by atoms with Gasteiger partial charge in [-0.2, -0.15) is 0 Å². The van der Waals surface area contributed by atoms with Crippen molar-refractivity contribution >= 4 is 0 Å². The Hall–Kier alpha value is -1.28. The van der Waals surface area contributed by atoms with E-state index in [0.717, 1.165) is 6.42 Å². The lowest BCUT2D eigenvalue weighted by Gasteiger charge is -2.43. The van der Waals surface area contributed by atoms with E-state index in [2.05, 4.69) is 59.7 Å². The van der Waals surface area contributed by atoms with Crippen molar-refractivity contribution in [1.82, 2.24) is 10.2 Å². The summed E-state index contributed by atoms with van der Waals surface area (Å²) in [7, 11) is 0. The monoisotopic (exact) mass is 228 g/mol. The van der Waals surface area contributed by atoms with E-state index in [1.807, 2.05) is 0 Å². The second kappa shape index (κ2) is 4.53. The maximum Gasteiger partial charge on any atom is 0.0777 e. The summed E-state index contributed by atoms with van der Waals surface area (Å²) in [5.41, 5.74) is 1.51. The van der Waals surface area contributed by atoms with Gasteiger partial charge in [-0.05, 0) is 32.3 Å². The van der Waals surface area contributed by atoms with Gasteiger partial charge in [0, 0.05) is 11.7 Å². The summed E-state index contributed by atoms with van der Waals surface area (Å²) in [6, 6.07) is 0.953. The van der Waals surface area contributed by atoms with E-state index >= 15 is 0 Å². The number of hydrogen-bond acceptors (Lipinski definition) is 2. The lowest BCUT2D eigenvalue weighted by molar-refractivity contribution is 0.169. The van der Waals surface area contributed by atoms with Crippen LogP contribution in [0.3, 0.4) is 0 Å². The molecule has 0 saturated carbocycles. The van der Waals surface area contributed by atoms with Crippen LogP contribution in [0.4, 0.5) is 0 Å². The van der Waals surface area contributed by atoms with Crippen molar-refractivity contribution in [2.24, 2.45) is 0 Å². The first-order chi connectivity index (χ1) is 8.34. The number of hydrogen-bond donors (Lipinski definition) is 1. The third-order valence-corrected chi connectivity index (χ3v) is 3.78. The third kappa shape index (κ3) is 2.09. The molecule has 3 atom stereocenters. The molecular weight excluding hydrogens is 208 g/mol. The summed E-state index contributed by atoms with van der Waals surface area (Å²) in [6.07, 6.45) is 19.7. The van der Waals surface area contributed by atoms with Gasteiger partial charge in [-0.1, -0.05) is 36.5 Å². The topological polar surface area (TPSA) is 15.3 Å². The van der Waals surface area contributed by atoms with Crippen LogP contribution in [0, 0.1) is 0 Å². The largest absolute Gasteiger partial charge is 0.353 e. The minimum Gasteiger partial charge on any atom is -0.353 e. The van der Waals surface area contributed by atoms with E-state index < -0.39 is 0 Å². The Morgan fingerprint density at radius 1 is 1.24 bits per heavy atom. The standard InChI is InChI=1S/C15H20N2/c1-12-16-13-7-5-6-10-15(11-13)17(12)14-8-3-2-4-9-14/h2-5,7-8,11-14,16H,6,9-10H2,1H3/t12?,13?,14-/m0/s1. The number of nitrogens with one attached hydrogen (secondary N) is 1. The van der Waals surface area contributed by atoms with Crippen LogP contribution >= 0.6 is 0 Å². The van der Waals surface area contributed by atoms with Crippen LogP contribution in [0.2, 0.25) is 0 Å². The Morgan fingerprint density at radius 2 is 2.18 bits per heavy atom. The van der Waals surface area contributed by atoms with Gasteiger partial charge in [0.1, 0.15) is 0 Å². The zero-order chi connectivity index (χ0) is 11.7. The first kappa shape index (κ1) is 10.8.